The van der Waals surface area contributed by atoms with Gasteiger partial charge < -0.3 is 20.0 Å². The smallest absolute Gasteiger partial charge is 0.321 e. The van der Waals surface area contributed by atoms with Crippen molar-refractivity contribution in [2.45, 2.75) is 26.7 Å². The number of aryl methyl sites for hydroxylation is 1. The molecule has 1 N–H and O–H groups in total. The van der Waals surface area contributed by atoms with Gasteiger partial charge in [0.1, 0.15) is 5.82 Å². The fourth-order valence-corrected chi connectivity index (χ4v) is 4.01. The normalized spacial score (nSPS) is 17.0. The highest BCUT2D eigenvalue weighted by atomic mass is 35.5. The molecule has 4 rings (SSSR count). The van der Waals surface area contributed by atoms with Gasteiger partial charge in [-0.15, -0.1) is 0 Å². The molecule has 1 aromatic heterocycles. The quantitative estimate of drug-likeness (QED) is 0.829. The van der Waals surface area contributed by atoms with Crippen molar-refractivity contribution in [3.05, 3.63) is 40.5 Å². The van der Waals surface area contributed by atoms with Gasteiger partial charge in [0.2, 0.25) is 5.95 Å². The zero-order valence-electron chi connectivity index (χ0n) is 17.0. The van der Waals surface area contributed by atoms with Crippen LogP contribution in [0.5, 0.6) is 0 Å². The van der Waals surface area contributed by atoms with E-state index >= 15 is 0 Å². The molecule has 7 nitrogen and oxygen atoms in total. The number of rotatable bonds is 3. The molecule has 2 aliphatic heterocycles. The number of anilines is 3. The molecule has 154 valence electrons. The Balaban J connectivity index is 1.39. The van der Waals surface area contributed by atoms with E-state index in [0.29, 0.717) is 18.1 Å². The second kappa shape index (κ2) is 8.45. The highest BCUT2D eigenvalue weighted by Gasteiger charge is 2.24. The third-order valence-electron chi connectivity index (χ3n) is 5.62. The third kappa shape index (κ3) is 4.40. The summed E-state index contributed by atoms with van der Waals surface area (Å²) in [6.07, 6.45) is 2.40. The standard InChI is InChI=1S/C21H27ClN6O/c1-15-14-19(25-20(23-15)27-8-3-4-9-27)26-10-12-28(13-11-26)21(29)24-18-7-5-6-17(22)16(18)2/h5-7,14H,3-4,8-13H2,1-2H3,(H,24,29). The van der Waals surface area contributed by atoms with Crippen LogP contribution in [0.4, 0.5) is 22.2 Å². The van der Waals surface area contributed by atoms with Crippen LogP contribution in [0.2, 0.25) is 5.02 Å². The van der Waals surface area contributed by atoms with E-state index in [4.69, 9.17) is 16.6 Å². The van der Waals surface area contributed by atoms with Gasteiger partial charge in [-0.1, -0.05) is 17.7 Å². The molecule has 0 unspecified atom stereocenters. The van der Waals surface area contributed by atoms with Crippen LogP contribution in [0.3, 0.4) is 0 Å². The summed E-state index contributed by atoms with van der Waals surface area (Å²) in [5.41, 5.74) is 2.62. The van der Waals surface area contributed by atoms with Crippen molar-refractivity contribution in [1.29, 1.82) is 0 Å². The molecule has 0 spiro atoms. The Morgan fingerprint density at radius 3 is 2.45 bits per heavy atom. The minimum absolute atomic E-state index is 0.0911. The lowest BCUT2D eigenvalue weighted by Gasteiger charge is -2.35. The number of amides is 2. The average molecular weight is 415 g/mol. The van der Waals surface area contributed by atoms with E-state index in [0.717, 1.165) is 54.9 Å². The molecule has 0 aliphatic carbocycles. The van der Waals surface area contributed by atoms with Crippen molar-refractivity contribution >= 4 is 35.1 Å². The van der Waals surface area contributed by atoms with E-state index in [1.165, 1.54) is 12.8 Å². The molecule has 0 atom stereocenters. The lowest BCUT2D eigenvalue weighted by atomic mass is 10.2. The van der Waals surface area contributed by atoms with Gasteiger partial charge in [0.15, 0.2) is 0 Å². The number of hydrogen-bond donors (Lipinski definition) is 1. The molecule has 2 aliphatic rings. The predicted molar refractivity (Wildman–Crippen MR) is 117 cm³/mol. The highest BCUT2D eigenvalue weighted by Crippen LogP contribution is 2.24. The van der Waals surface area contributed by atoms with Gasteiger partial charge in [-0.2, -0.15) is 4.98 Å². The van der Waals surface area contributed by atoms with Gasteiger partial charge in [0, 0.05) is 61.7 Å². The summed E-state index contributed by atoms with van der Waals surface area (Å²) in [5.74, 6) is 1.78. The first-order chi connectivity index (χ1) is 14.0. The van der Waals surface area contributed by atoms with Gasteiger partial charge in [0.05, 0.1) is 0 Å². The van der Waals surface area contributed by atoms with Gasteiger partial charge >= 0.3 is 6.03 Å². The maximum atomic E-state index is 12.7. The molecule has 2 aromatic rings. The fraction of sp³-hybridized carbons (Fsp3) is 0.476. The zero-order valence-corrected chi connectivity index (χ0v) is 17.7. The number of urea groups is 1. The van der Waals surface area contributed by atoms with Crippen LogP contribution in [0.25, 0.3) is 0 Å². The SMILES string of the molecule is Cc1cc(N2CCN(C(=O)Nc3cccc(Cl)c3C)CC2)nc(N2CCCC2)n1. The minimum Gasteiger partial charge on any atom is -0.353 e. The first-order valence-electron chi connectivity index (χ1n) is 10.2. The number of aromatic nitrogens is 2. The largest absolute Gasteiger partial charge is 0.353 e. The molecule has 2 fully saturated rings. The Bertz CT molecular complexity index is 891. The molecule has 2 saturated heterocycles. The van der Waals surface area contributed by atoms with Crippen molar-refractivity contribution in [3.8, 4) is 0 Å². The Kier molecular flexibility index (Phi) is 5.76. The highest BCUT2D eigenvalue weighted by molar-refractivity contribution is 6.31. The lowest BCUT2D eigenvalue weighted by Crippen LogP contribution is -2.50. The van der Waals surface area contributed by atoms with Crippen LogP contribution < -0.4 is 15.1 Å². The molecule has 29 heavy (non-hydrogen) atoms. The van der Waals surface area contributed by atoms with Crippen LogP contribution in [0.15, 0.2) is 24.3 Å². The molecule has 1 aromatic carbocycles. The van der Waals surface area contributed by atoms with E-state index in [1.807, 2.05) is 43.0 Å². The van der Waals surface area contributed by atoms with Crippen LogP contribution >= 0.6 is 11.6 Å². The van der Waals surface area contributed by atoms with Gasteiger partial charge in [0.25, 0.3) is 0 Å². The Hall–Kier alpha value is -2.54. The van der Waals surface area contributed by atoms with E-state index in [-0.39, 0.29) is 6.03 Å². The molecular formula is C21H27ClN6O. The van der Waals surface area contributed by atoms with E-state index in [1.54, 1.807) is 0 Å². The van der Waals surface area contributed by atoms with Gasteiger partial charge in [-0.3, -0.25) is 0 Å². The van der Waals surface area contributed by atoms with E-state index in [9.17, 15) is 4.79 Å². The summed E-state index contributed by atoms with van der Waals surface area (Å²) in [6, 6.07) is 7.49. The Morgan fingerprint density at radius 1 is 1.00 bits per heavy atom. The predicted octanol–water partition coefficient (Wildman–Crippen LogP) is 3.70. The Labute approximate surface area is 176 Å². The van der Waals surface area contributed by atoms with Crippen molar-refractivity contribution in [3.63, 3.8) is 0 Å². The number of halogens is 1. The lowest BCUT2D eigenvalue weighted by molar-refractivity contribution is 0.208. The maximum absolute atomic E-state index is 12.7. The van der Waals surface area contributed by atoms with Gasteiger partial charge in [-0.25, -0.2) is 9.78 Å². The van der Waals surface area contributed by atoms with Crippen LogP contribution in [0.1, 0.15) is 24.1 Å². The first kappa shape index (κ1) is 19.8. The molecule has 0 saturated carbocycles. The minimum atomic E-state index is -0.0911. The number of hydrogen-bond acceptors (Lipinski definition) is 5. The maximum Gasteiger partial charge on any atom is 0.321 e. The summed E-state index contributed by atoms with van der Waals surface area (Å²) in [7, 11) is 0. The summed E-state index contributed by atoms with van der Waals surface area (Å²) in [6.45, 7) is 8.77. The number of nitrogens with one attached hydrogen (secondary N) is 1. The summed E-state index contributed by atoms with van der Waals surface area (Å²) >= 11 is 6.16. The van der Waals surface area contributed by atoms with Crippen molar-refractivity contribution in [2.75, 3.05) is 54.4 Å². The van der Waals surface area contributed by atoms with Crippen molar-refractivity contribution in [2.24, 2.45) is 0 Å². The monoisotopic (exact) mass is 414 g/mol. The topological polar surface area (TPSA) is 64.6 Å². The van der Waals surface area contributed by atoms with Crippen molar-refractivity contribution < 1.29 is 4.79 Å². The second-order valence-corrected chi connectivity index (χ2v) is 8.09. The zero-order chi connectivity index (χ0) is 20.4. The molecular weight excluding hydrogens is 388 g/mol. The number of carbonyl (C=O) groups excluding carboxylic acids is 1. The molecule has 2 amide bonds. The molecule has 3 heterocycles. The van der Waals surface area contributed by atoms with Crippen molar-refractivity contribution in [1.82, 2.24) is 14.9 Å². The van der Waals surface area contributed by atoms with Crippen LogP contribution in [0, 0.1) is 13.8 Å². The molecule has 0 bridgehead atoms. The summed E-state index contributed by atoms with van der Waals surface area (Å²) in [5, 5.41) is 3.64. The van der Waals surface area contributed by atoms with Gasteiger partial charge in [-0.05, 0) is 44.4 Å². The fourth-order valence-electron chi connectivity index (χ4n) is 3.83. The summed E-state index contributed by atoms with van der Waals surface area (Å²) in [4.78, 5) is 28.4. The van der Waals surface area contributed by atoms with E-state index < -0.39 is 0 Å². The first-order valence-corrected chi connectivity index (χ1v) is 10.6. The second-order valence-electron chi connectivity index (χ2n) is 7.68. The molecule has 8 heteroatoms. The van der Waals surface area contributed by atoms with Crippen LogP contribution in [-0.4, -0.2) is 60.2 Å². The number of carbonyl (C=O) groups is 1. The average Bonchev–Trinajstić information content (AvgIpc) is 3.26. The summed E-state index contributed by atoms with van der Waals surface area (Å²) < 4.78 is 0. The number of benzene rings is 1. The Morgan fingerprint density at radius 2 is 1.72 bits per heavy atom. The molecule has 0 radical (unpaired) electrons. The van der Waals surface area contributed by atoms with E-state index in [2.05, 4.69) is 20.1 Å². The van der Waals surface area contributed by atoms with Crippen LogP contribution in [-0.2, 0) is 0 Å². The number of piperazine rings is 1. The third-order valence-corrected chi connectivity index (χ3v) is 6.03. The number of nitrogens with zero attached hydrogens (tertiary/aromatic N) is 5.